The fourth-order valence-corrected chi connectivity index (χ4v) is 6.96. The number of nitrogens with one attached hydrogen (secondary N) is 4. The zero-order chi connectivity index (χ0) is 35.1. The Morgan fingerprint density at radius 3 is 2.57 bits per heavy atom. The molecule has 0 saturated heterocycles. The van der Waals surface area contributed by atoms with Gasteiger partial charge in [-0.25, -0.2) is 4.98 Å². The minimum Gasteiger partial charge on any atom is -0.387 e. The van der Waals surface area contributed by atoms with Crippen molar-refractivity contribution in [1.29, 1.82) is 5.41 Å². The van der Waals surface area contributed by atoms with Gasteiger partial charge in [-0.3, -0.25) is 14.6 Å². The molecule has 1 aliphatic carbocycles. The second-order valence-electron chi connectivity index (χ2n) is 13.6. The number of aryl methyl sites for hydroxylation is 1. The molecule has 2 atom stereocenters. The summed E-state index contributed by atoms with van der Waals surface area (Å²) < 4.78 is 0. The number of unbranched alkanes of at least 4 members (excludes halogenated alkanes) is 2. The number of hydrogen-bond donors (Lipinski definition) is 4. The first kappa shape index (κ1) is 35.6. The van der Waals surface area contributed by atoms with E-state index in [-0.39, 0.29) is 18.0 Å². The molecule has 49 heavy (non-hydrogen) atoms. The predicted octanol–water partition coefficient (Wildman–Crippen LogP) is 4.03. The van der Waals surface area contributed by atoms with Crippen molar-refractivity contribution in [3.05, 3.63) is 87.4 Å². The van der Waals surface area contributed by atoms with E-state index in [2.05, 4.69) is 69.0 Å². The summed E-state index contributed by atoms with van der Waals surface area (Å²) in [6.07, 6.45) is 14.4. The smallest absolute Gasteiger partial charge is 0.270 e. The highest BCUT2D eigenvalue weighted by Crippen LogP contribution is 2.47. The molecule has 11 heteroatoms. The Labute approximate surface area is 289 Å². The van der Waals surface area contributed by atoms with Crippen LogP contribution in [0, 0.1) is 12.3 Å². The molecule has 0 fully saturated rings. The summed E-state index contributed by atoms with van der Waals surface area (Å²) in [5.74, 6) is 0.0199. The van der Waals surface area contributed by atoms with Crippen LogP contribution in [0.25, 0.3) is 6.08 Å². The van der Waals surface area contributed by atoms with Gasteiger partial charge in [-0.15, -0.1) is 0 Å². The minimum absolute atomic E-state index is 0.0998. The minimum atomic E-state index is -0.816. The highest BCUT2D eigenvalue weighted by atomic mass is 16.2. The number of anilines is 2. The molecule has 4 N–H and O–H groups in total. The van der Waals surface area contributed by atoms with Crippen LogP contribution in [-0.4, -0.2) is 97.9 Å². The number of aldehydes is 1. The molecule has 11 nitrogen and oxygen atoms in total. The Morgan fingerprint density at radius 1 is 1.06 bits per heavy atom. The number of nitrogens with zero attached hydrogens (tertiary/aromatic N) is 4. The molecule has 3 heterocycles. The Hall–Kier alpha value is -4.74. The van der Waals surface area contributed by atoms with Gasteiger partial charge in [0.15, 0.2) is 0 Å². The van der Waals surface area contributed by atoms with E-state index in [1.807, 2.05) is 25.1 Å². The summed E-state index contributed by atoms with van der Waals surface area (Å²) in [5.41, 5.74) is 6.33. The number of fused-ring (bicyclic) bond motifs is 3. The third-order valence-electron chi connectivity index (χ3n) is 9.53. The lowest BCUT2D eigenvalue weighted by molar-refractivity contribution is -0.120. The number of rotatable bonds is 16. The molecule has 0 unspecified atom stereocenters. The van der Waals surface area contributed by atoms with Gasteiger partial charge in [0.25, 0.3) is 5.91 Å². The van der Waals surface area contributed by atoms with Crippen molar-refractivity contribution >= 4 is 41.9 Å². The van der Waals surface area contributed by atoms with Gasteiger partial charge in [0.2, 0.25) is 5.91 Å². The van der Waals surface area contributed by atoms with E-state index in [1.165, 1.54) is 25.5 Å². The maximum atomic E-state index is 13.5. The van der Waals surface area contributed by atoms with E-state index >= 15 is 0 Å². The number of carbonyl (C=O) groups is 3. The molecule has 1 aromatic carbocycles. The lowest BCUT2D eigenvalue weighted by atomic mass is 9.79. The van der Waals surface area contributed by atoms with E-state index in [0.29, 0.717) is 24.2 Å². The van der Waals surface area contributed by atoms with E-state index in [9.17, 15) is 14.4 Å². The summed E-state index contributed by atoms with van der Waals surface area (Å²) >= 11 is 0. The van der Waals surface area contributed by atoms with Crippen LogP contribution >= 0.6 is 0 Å². The quantitative estimate of drug-likeness (QED) is 0.102. The summed E-state index contributed by atoms with van der Waals surface area (Å²) in [6, 6.07) is 6.80. The Bertz CT molecular complexity index is 1750. The largest absolute Gasteiger partial charge is 0.387 e. The van der Waals surface area contributed by atoms with Crippen molar-refractivity contribution in [2.75, 3.05) is 58.5 Å². The van der Waals surface area contributed by atoms with Crippen LogP contribution in [0.15, 0.2) is 42.7 Å². The summed E-state index contributed by atoms with van der Waals surface area (Å²) in [5, 5.41) is 16.6. The fraction of sp³-hybridized carbons (Fsp3) is 0.421. The van der Waals surface area contributed by atoms with Crippen molar-refractivity contribution < 1.29 is 14.4 Å². The maximum absolute atomic E-state index is 13.5. The average molecular weight is 665 g/mol. The molecule has 3 aromatic rings. The topological polar surface area (TPSA) is 143 Å². The third-order valence-corrected chi connectivity index (χ3v) is 9.53. The lowest BCUT2D eigenvalue weighted by Crippen LogP contribution is -2.38. The SMILES string of the molecule is CNc1c(C)cc(C[C@H](C=O)NC(=O)c2cc3c(cn2)C[C@@]2(C3)C(=O)Nc3ncc(/C=C/CN(C)CCCCCN(C)C)cc32)cc1C=N. The van der Waals surface area contributed by atoms with Gasteiger partial charge in [-0.1, -0.05) is 24.6 Å². The average Bonchev–Trinajstić information content (AvgIpc) is 3.59. The van der Waals surface area contributed by atoms with E-state index in [1.54, 1.807) is 25.5 Å². The lowest BCUT2D eigenvalue weighted by Gasteiger charge is -2.20. The number of pyridine rings is 2. The number of benzene rings is 1. The Kier molecular flexibility index (Phi) is 11.4. The zero-order valence-electron chi connectivity index (χ0n) is 29.2. The van der Waals surface area contributed by atoms with Crippen molar-refractivity contribution in [3.63, 3.8) is 0 Å². The number of hydrogen-bond acceptors (Lipinski definition) is 9. The number of likely N-dealkylation sites (N-methyl/N-ethyl adjacent to an activating group) is 1. The van der Waals surface area contributed by atoms with Crippen LogP contribution in [0.2, 0.25) is 0 Å². The van der Waals surface area contributed by atoms with Gasteiger partial charge < -0.3 is 36.0 Å². The van der Waals surface area contributed by atoms with E-state index < -0.39 is 17.4 Å². The number of carbonyl (C=O) groups excluding carboxylic acids is 3. The fourth-order valence-electron chi connectivity index (χ4n) is 6.96. The molecule has 2 amide bonds. The second-order valence-corrected chi connectivity index (χ2v) is 13.6. The van der Waals surface area contributed by atoms with Crippen LogP contribution in [0.3, 0.4) is 0 Å². The molecule has 5 rings (SSSR count). The molecule has 2 aromatic heterocycles. The van der Waals surface area contributed by atoms with Gasteiger partial charge in [0, 0.05) is 49.0 Å². The molecule has 2 aliphatic rings. The second kappa shape index (κ2) is 15.7. The first-order valence-electron chi connectivity index (χ1n) is 16.9. The number of amides is 2. The number of aromatic nitrogens is 2. The van der Waals surface area contributed by atoms with Crippen molar-refractivity contribution in [2.24, 2.45) is 0 Å². The molecule has 0 radical (unpaired) electrons. The first-order valence-corrected chi connectivity index (χ1v) is 16.9. The van der Waals surface area contributed by atoms with Crippen molar-refractivity contribution in [1.82, 2.24) is 25.1 Å². The molecule has 258 valence electrons. The van der Waals surface area contributed by atoms with Gasteiger partial charge in [-0.2, -0.15) is 0 Å². The predicted molar refractivity (Wildman–Crippen MR) is 195 cm³/mol. The van der Waals surface area contributed by atoms with Crippen molar-refractivity contribution in [3.8, 4) is 0 Å². The first-order chi connectivity index (χ1) is 23.6. The summed E-state index contributed by atoms with van der Waals surface area (Å²) in [6.45, 7) is 4.92. The highest BCUT2D eigenvalue weighted by molar-refractivity contribution is 6.06. The third kappa shape index (κ3) is 8.12. The molecule has 0 bridgehead atoms. The van der Waals surface area contributed by atoms with Crippen LogP contribution in [0.1, 0.15) is 68.7 Å². The van der Waals surface area contributed by atoms with Crippen LogP contribution < -0.4 is 16.0 Å². The van der Waals surface area contributed by atoms with E-state index in [0.717, 1.165) is 65.0 Å². The summed E-state index contributed by atoms with van der Waals surface area (Å²) in [7, 11) is 8.14. The maximum Gasteiger partial charge on any atom is 0.270 e. The Morgan fingerprint density at radius 2 is 1.84 bits per heavy atom. The van der Waals surface area contributed by atoms with Crippen LogP contribution in [0.5, 0.6) is 0 Å². The van der Waals surface area contributed by atoms with Crippen LogP contribution in [0.4, 0.5) is 11.5 Å². The zero-order valence-corrected chi connectivity index (χ0v) is 29.2. The normalized spacial score (nSPS) is 17.0. The Balaban J connectivity index is 1.24. The molecular weight excluding hydrogens is 616 g/mol. The van der Waals surface area contributed by atoms with Gasteiger partial charge in [0.1, 0.15) is 17.8 Å². The molecule has 0 saturated carbocycles. The molecular formula is C38H48N8O3. The van der Waals surface area contributed by atoms with Gasteiger partial charge in [-0.05, 0) is 119 Å². The monoisotopic (exact) mass is 664 g/mol. The van der Waals surface area contributed by atoms with Crippen LogP contribution in [-0.2, 0) is 34.3 Å². The summed E-state index contributed by atoms with van der Waals surface area (Å²) in [4.78, 5) is 52.3. The molecule has 1 spiro atoms. The standard InChI is InChI=1S/C38H48N8O3/c1-25-14-27(15-29(21-39)34(25)40-2)16-31(24-47)43-36(48)33-18-28-19-38(20-30(28)23-41-33)32-17-26(22-42-35(32)44-37(38)49)10-9-13-46(5)12-8-6-7-11-45(3)4/h9-10,14-15,17-18,21-24,31,39-40H,6-8,11-13,16,19-20H2,1-5H3,(H,43,48)(H,42,44,49)/b10-9+,39-21?/t31-,38-/m1/s1. The van der Waals surface area contributed by atoms with E-state index in [4.69, 9.17) is 5.41 Å². The van der Waals surface area contributed by atoms with Gasteiger partial charge >= 0.3 is 0 Å². The molecule has 1 aliphatic heterocycles. The van der Waals surface area contributed by atoms with Gasteiger partial charge in [0.05, 0.1) is 11.5 Å². The highest BCUT2D eigenvalue weighted by Gasteiger charge is 2.51. The van der Waals surface area contributed by atoms with Crippen molar-refractivity contribution in [2.45, 2.75) is 56.9 Å².